The number of nitrogens with zero attached hydrogens (tertiary/aromatic N) is 3. The summed E-state index contributed by atoms with van der Waals surface area (Å²) in [6.45, 7) is 0. The van der Waals surface area contributed by atoms with Gasteiger partial charge in [-0.1, -0.05) is 6.07 Å². The molecule has 0 unspecified atom stereocenters. The molecule has 0 aliphatic rings. The smallest absolute Gasteiger partial charge is 0.218 e. The van der Waals surface area contributed by atoms with Crippen LogP contribution in [0.2, 0.25) is 0 Å². The van der Waals surface area contributed by atoms with Crippen LogP contribution in [0.1, 0.15) is 0 Å². The van der Waals surface area contributed by atoms with Crippen molar-refractivity contribution >= 4 is 11.3 Å². The lowest BCUT2D eigenvalue weighted by Gasteiger charge is -1.86. The van der Waals surface area contributed by atoms with Gasteiger partial charge in [0.1, 0.15) is 0 Å². The lowest BCUT2D eigenvalue weighted by Crippen LogP contribution is -1.82. The van der Waals surface area contributed by atoms with Gasteiger partial charge < -0.3 is 0 Å². The molecule has 0 radical (unpaired) electrons. The van der Waals surface area contributed by atoms with E-state index >= 15 is 0 Å². The molecule has 0 saturated carbocycles. The fourth-order valence-electron chi connectivity index (χ4n) is 0.969. The van der Waals surface area contributed by atoms with Crippen molar-refractivity contribution in [2.45, 2.75) is 0 Å². The Balaban J connectivity index is 2.78. The molecule has 4 nitrogen and oxygen atoms in total. The van der Waals surface area contributed by atoms with E-state index in [0.29, 0.717) is 0 Å². The van der Waals surface area contributed by atoms with Crippen LogP contribution in [0.5, 0.6) is 0 Å². The van der Waals surface area contributed by atoms with Crippen LogP contribution >= 0.6 is 0 Å². The summed E-state index contributed by atoms with van der Waals surface area (Å²) in [6.07, 6.45) is 1.77. The molecule has 0 aromatic carbocycles. The van der Waals surface area contributed by atoms with Crippen LogP contribution in [-0.2, 0) is 0 Å². The van der Waals surface area contributed by atoms with Gasteiger partial charge in [0, 0.05) is 12.3 Å². The van der Waals surface area contributed by atoms with Crippen molar-refractivity contribution in [3.63, 3.8) is 0 Å². The molecule has 0 amide bonds. The third-order valence-electron chi connectivity index (χ3n) is 1.45. The van der Waals surface area contributed by atoms with Gasteiger partial charge in [-0.25, -0.2) is 4.52 Å². The van der Waals surface area contributed by atoms with E-state index in [1.165, 1.54) is 0 Å². The van der Waals surface area contributed by atoms with E-state index in [-0.39, 0.29) is 5.82 Å². The van der Waals surface area contributed by atoms with Crippen LogP contribution in [-0.4, -0.2) is 9.61 Å². The zero-order chi connectivity index (χ0) is 7.68. The van der Waals surface area contributed by atoms with Crippen LogP contribution in [0.3, 0.4) is 0 Å². The molecule has 2 aromatic heterocycles. The Morgan fingerprint density at radius 1 is 1.45 bits per heavy atom. The molecule has 0 aliphatic carbocycles. The van der Waals surface area contributed by atoms with Gasteiger partial charge in [0.05, 0.1) is 5.52 Å². The summed E-state index contributed by atoms with van der Waals surface area (Å²) in [6, 6.07) is 7.22. The van der Waals surface area contributed by atoms with Crippen molar-refractivity contribution in [3.05, 3.63) is 35.4 Å². The van der Waals surface area contributed by atoms with Gasteiger partial charge in [-0.05, 0) is 17.3 Å². The molecule has 0 fully saturated rings. The number of hydrogen-bond acceptors (Lipinski definition) is 3. The van der Waals surface area contributed by atoms with Crippen LogP contribution in [0.25, 0.3) is 5.52 Å². The fourth-order valence-corrected chi connectivity index (χ4v) is 0.969. The molecular formula is C7H5N3O. The Morgan fingerprint density at radius 3 is 3.09 bits per heavy atom. The SMILES string of the molecule is O=Nc1cc2ccccn2n1. The molecule has 2 heterocycles. The second-order valence-corrected chi connectivity index (χ2v) is 2.16. The van der Waals surface area contributed by atoms with Crippen LogP contribution in [0.4, 0.5) is 5.82 Å². The number of rotatable bonds is 1. The fraction of sp³-hybridized carbons (Fsp3) is 0. The van der Waals surface area contributed by atoms with E-state index in [1.807, 2.05) is 18.2 Å². The average molecular weight is 147 g/mol. The highest BCUT2D eigenvalue weighted by molar-refractivity contribution is 5.52. The number of aromatic nitrogens is 2. The molecule has 2 rings (SSSR count). The third-order valence-corrected chi connectivity index (χ3v) is 1.45. The van der Waals surface area contributed by atoms with E-state index in [4.69, 9.17) is 0 Å². The van der Waals surface area contributed by atoms with Gasteiger partial charge in [0.2, 0.25) is 5.82 Å². The molecule has 54 valence electrons. The van der Waals surface area contributed by atoms with Crippen molar-refractivity contribution in [2.24, 2.45) is 5.18 Å². The van der Waals surface area contributed by atoms with E-state index < -0.39 is 0 Å². The highest BCUT2D eigenvalue weighted by atomic mass is 16.3. The first-order valence-electron chi connectivity index (χ1n) is 3.18. The first kappa shape index (κ1) is 6.03. The Bertz CT molecular complexity index is 360. The van der Waals surface area contributed by atoms with Crippen LogP contribution < -0.4 is 0 Å². The Labute approximate surface area is 62.4 Å². The van der Waals surface area contributed by atoms with Gasteiger partial charge in [-0.3, -0.25) is 0 Å². The minimum atomic E-state index is 0.219. The minimum Gasteiger partial charge on any atom is -0.239 e. The van der Waals surface area contributed by atoms with Gasteiger partial charge in [0.15, 0.2) is 0 Å². The molecule has 0 N–H and O–H groups in total. The summed E-state index contributed by atoms with van der Waals surface area (Å²) >= 11 is 0. The molecule has 0 bridgehead atoms. The van der Waals surface area contributed by atoms with E-state index in [1.54, 1.807) is 16.8 Å². The van der Waals surface area contributed by atoms with Crippen molar-refractivity contribution in [1.29, 1.82) is 0 Å². The van der Waals surface area contributed by atoms with Gasteiger partial charge in [-0.2, -0.15) is 0 Å². The molecule has 0 aliphatic heterocycles. The molecule has 0 saturated heterocycles. The zero-order valence-corrected chi connectivity index (χ0v) is 5.64. The second-order valence-electron chi connectivity index (χ2n) is 2.16. The van der Waals surface area contributed by atoms with E-state index in [2.05, 4.69) is 10.3 Å². The highest BCUT2D eigenvalue weighted by Gasteiger charge is 1.97. The van der Waals surface area contributed by atoms with Crippen molar-refractivity contribution in [1.82, 2.24) is 9.61 Å². The van der Waals surface area contributed by atoms with Crippen molar-refractivity contribution in [2.75, 3.05) is 0 Å². The van der Waals surface area contributed by atoms with E-state index in [9.17, 15) is 4.91 Å². The summed E-state index contributed by atoms with van der Waals surface area (Å²) < 4.78 is 1.61. The van der Waals surface area contributed by atoms with Gasteiger partial charge >= 0.3 is 0 Å². The maximum atomic E-state index is 10.1. The topological polar surface area (TPSA) is 46.7 Å². The predicted octanol–water partition coefficient (Wildman–Crippen LogP) is 1.73. The van der Waals surface area contributed by atoms with Crippen LogP contribution in [0, 0.1) is 4.91 Å². The Hall–Kier alpha value is -1.71. The summed E-state index contributed by atoms with van der Waals surface area (Å²) in [5.41, 5.74) is 0.877. The first-order chi connectivity index (χ1) is 5.40. The maximum Gasteiger partial charge on any atom is 0.218 e. The maximum absolute atomic E-state index is 10.1. The number of pyridine rings is 1. The zero-order valence-electron chi connectivity index (χ0n) is 5.64. The summed E-state index contributed by atoms with van der Waals surface area (Å²) in [4.78, 5) is 10.1. The van der Waals surface area contributed by atoms with Gasteiger partial charge in [-0.15, -0.1) is 10.0 Å². The highest BCUT2D eigenvalue weighted by Crippen LogP contribution is 2.11. The normalized spacial score (nSPS) is 10.2. The van der Waals surface area contributed by atoms with Crippen LogP contribution in [0.15, 0.2) is 35.6 Å². The second kappa shape index (κ2) is 2.16. The molecule has 2 aromatic rings. The quantitative estimate of drug-likeness (QED) is 0.576. The van der Waals surface area contributed by atoms with Crippen molar-refractivity contribution in [3.8, 4) is 0 Å². The number of nitroso groups, excluding NO2 is 1. The minimum absolute atomic E-state index is 0.219. The number of fused-ring (bicyclic) bond motifs is 1. The molecule has 0 spiro atoms. The predicted molar refractivity (Wildman–Crippen MR) is 40.6 cm³/mol. The standard InChI is InChI=1S/C7H5N3O/c11-9-7-5-6-3-1-2-4-10(6)8-7/h1-5H. The largest absolute Gasteiger partial charge is 0.239 e. The Morgan fingerprint density at radius 2 is 2.36 bits per heavy atom. The first-order valence-corrected chi connectivity index (χ1v) is 3.18. The summed E-state index contributed by atoms with van der Waals surface area (Å²) in [7, 11) is 0. The third kappa shape index (κ3) is 0.881. The summed E-state index contributed by atoms with van der Waals surface area (Å²) in [5, 5.41) is 6.59. The Kier molecular flexibility index (Phi) is 1.18. The average Bonchev–Trinajstić information content (AvgIpc) is 2.46. The number of hydrogen-bond donors (Lipinski definition) is 0. The molecule has 4 heteroatoms. The molecular weight excluding hydrogens is 142 g/mol. The van der Waals surface area contributed by atoms with Gasteiger partial charge in [0.25, 0.3) is 0 Å². The molecule has 11 heavy (non-hydrogen) atoms. The monoisotopic (exact) mass is 147 g/mol. The lowest BCUT2D eigenvalue weighted by atomic mass is 10.4. The lowest BCUT2D eigenvalue weighted by molar-refractivity contribution is 0.958. The summed E-state index contributed by atoms with van der Waals surface area (Å²) in [5.74, 6) is 0.219. The van der Waals surface area contributed by atoms with Crippen molar-refractivity contribution < 1.29 is 0 Å². The molecule has 0 atom stereocenters. The van der Waals surface area contributed by atoms with E-state index in [0.717, 1.165) is 5.52 Å².